The van der Waals surface area contributed by atoms with Gasteiger partial charge < -0.3 is 4.74 Å². The molecule has 0 saturated heterocycles. The Morgan fingerprint density at radius 1 is 1.12 bits per heavy atom. The second-order valence-corrected chi connectivity index (χ2v) is 10.3. The number of fused-ring (bicyclic) bond motifs is 3. The average Bonchev–Trinajstić information content (AvgIpc) is 3.40. The van der Waals surface area contributed by atoms with Crippen LogP contribution < -0.4 is 0 Å². The van der Waals surface area contributed by atoms with Crippen LogP contribution in [-0.2, 0) is 17.8 Å². The van der Waals surface area contributed by atoms with Gasteiger partial charge in [-0.15, -0.1) is 10.2 Å². The Balaban J connectivity index is 1.46. The molecule has 0 atom stereocenters. The van der Waals surface area contributed by atoms with Crippen molar-refractivity contribution in [1.82, 2.24) is 29.4 Å². The van der Waals surface area contributed by atoms with E-state index in [-0.39, 0.29) is 6.09 Å². The zero-order valence-corrected chi connectivity index (χ0v) is 20.0. The van der Waals surface area contributed by atoms with Crippen molar-refractivity contribution < 1.29 is 9.53 Å². The van der Waals surface area contributed by atoms with E-state index in [9.17, 15) is 4.79 Å². The second kappa shape index (κ2) is 8.48. The molecule has 1 saturated carbocycles. The maximum atomic E-state index is 12.9. The van der Waals surface area contributed by atoms with E-state index in [2.05, 4.69) is 24.5 Å². The number of nitrogens with zero attached hydrogens (tertiary/aromatic N) is 6. The number of hydrogen-bond donors (Lipinski definition) is 0. The lowest BCUT2D eigenvalue weighted by Gasteiger charge is -2.28. The van der Waals surface area contributed by atoms with Crippen molar-refractivity contribution in [3.8, 4) is 5.69 Å². The fourth-order valence-electron chi connectivity index (χ4n) is 4.84. The van der Waals surface area contributed by atoms with Crippen LogP contribution in [0.4, 0.5) is 4.79 Å². The molecule has 0 unspecified atom stereocenters. The summed E-state index contributed by atoms with van der Waals surface area (Å²) in [6.07, 6.45) is 7.63. The van der Waals surface area contributed by atoms with Gasteiger partial charge in [0.1, 0.15) is 11.4 Å². The van der Waals surface area contributed by atoms with Crippen LogP contribution in [0.3, 0.4) is 0 Å². The molecule has 5 rings (SSSR count). The molecule has 8 nitrogen and oxygen atoms in total. The van der Waals surface area contributed by atoms with Crippen molar-refractivity contribution in [2.45, 2.75) is 77.1 Å². The molecule has 0 bridgehead atoms. The fourth-order valence-corrected chi connectivity index (χ4v) is 5.04. The highest BCUT2D eigenvalue weighted by Gasteiger charge is 2.33. The molecule has 1 amide bonds. The number of hydrogen-bond acceptors (Lipinski definition) is 5. The summed E-state index contributed by atoms with van der Waals surface area (Å²) >= 11 is 6.33. The predicted molar refractivity (Wildman–Crippen MR) is 124 cm³/mol. The molecule has 2 aromatic heterocycles. The van der Waals surface area contributed by atoms with Gasteiger partial charge in [0, 0.05) is 23.3 Å². The number of carbonyl (C=O) groups excluding carboxylic acids is 1. The SMILES string of the molecule is CC(C)(C)OC(=O)N1Cc2cc(Cl)ccc2-n2c(nnc2[C@H]2CC[C@H](n3cccn3)CC2)C1. The first-order valence-electron chi connectivity index (χ1n) is 11.5. The first-order chi connectivity index (χ1) is 15.8. The van der Waals surface area contributed by atoms with Crippen LogP contribution in [0.15, 0.2) is 36.7 Å². The molecule has 1 fully saturated rings. The van der Waals surface area contributed by atoms with Gasteiger partial charge in [-0.1, -0.05) is 11.6 Å². The third kappa shape index (κ3) is 4.49. The summed E-state index contributed by atoms with van der Waals surface area (Å²) < 4.78 is 9.85. The molecule has 3 heterocycles. The van der Waals surface area contributed by atoms with Gasteiger partial charge in [0.05, 0.1) is 24.8 Å². The summed E-state index contributed by atoms with van der Waals surface area (Å²) in [6.45, 7) is 6.34. The normalized spacial score (nSPS) is 20.7. The Morgan fingerprint density at radius 2 is 1.91 bits per heavy atom. The molecule has 0 spiro atoms. The van der Waals surface area contributed by atoms with Gasteiger partial charge >= 0.3 is 6.09 Å². The summed E-state index contributed by atoms with van der Waals surface area (Å²) in [7, 11) is 0. The molecule has 0 N–H and O–H groups in total. The molecule has 1 aliphatic carbocycles. The third-order valence-electron chi connectivity index (χ3n) is 6.34. The van der Waals surface area contributed by atoms with E-state index in [0.29, 0.717) is 30.1 Å². The van der Waals surface area contributed by atoms with E-state index in [0.717, 1.165) is 48.6 Å². The van der Waals surface area contributed by atoms with Crippen LogP contribution in [0.5, 0.6) is 0 Å². The topological polar surface area (TPSA) is 78.1 Å². The van der Waals surface area contributed by atoms with Crippen LogP contribution in [0, 0.1) is 0 Å². The van der Waals surface area contributed by atoms with Gasteiger partial charge in [0.25, 0.3) is 0 Å². The Morgan fingerprint density at radius 3 is 2.61 bits per heavy atom. The summed E-state index contributed by atoms with van der Waals surface area (Å²) in [5, 5.41) is 14.2. The maximum Gasteiger partial charge on any atom is 0.411 e. The van der Waals surface area contributed by atoms with Crippen LogP contribution in [-0.4, -0.2) is 41.1 Å². The van der Waals surface area contributed by atoms with Crippen molar-refractivity contribution in [2.75, 3.05) is 0 Å². The van der Waals surface area contributed by atoms with Crippen LogP contribution >= 0.6 is 11.6 Å². The van der Waals surface area contributed by atoms with Crippen LogP contribution in [0.2, 0.25) is 5.02 Å². The van der Waals surface area contributed by atoms with E-state index >= 15 is 0 Å². The van der Waals surface area contributed by atoms with Crippen molar-refractivity contribution in [2.24, 2.45) is 0 Å². The van der Waals surface area contributed by atoms with Gasteiger partial charge in [-0.25, -0.2) is 4.79 Å². The molecule has 174 valence electrons. The van der Waals surface area contributed by atoms with E-state index in [1.54, 1.807) is 4.90 Å². The largest absolute Gasteiger partial charge is 0.444 e. The molecular weight excluding hydrogens is 440 g/mol. The molecular formula is C24H29ClN6O2. The quantitative estimate of drug-likeness (QED) is 0.512. The minimum absolute atomic E-state index is 0.301. The molecule has 2 aliphatic rings. The van der Waals surface area contributed by atoms with E-state index in [4.69, 9.17) is 16.3 Å². The second-order valence-electron chi connectivity index (χ2n) is 9.91. The van der Waals surface area contributed by atoms with E-state index < -0.39 is 5.60 Å². The van der Waals surface area contributed by atoms with Gasteiger partial charge in [-0.2, -0.15) is 5.10 Å². The zero-order valence-electron chi connectivity index (χ0n) is 19.2. The van der Waals surface area contributed by atoms with Crippen LogP contribution in [0.1, 0.15) is 75.6 Å². The lowest BCUT2D eigenvalue weighted by molar-refractivity contribution is 0.0214. The lowest BCUT2D eigenvalue weighted by atomic mass is 9.85. The minimum Gasteiger partial charge on any atom is -0.444 e. The number of carbonyl (C=O) groups is 1. The molecule has 3 aromatic rings. The minimum atomic E-state index is -0.577. The number of rotatable bonds is 2. The molecule has 1 aromatic carbocycles. The first-order valence-corrected chi connectivity index (χ1v) is 11.9. The molecule has 9 heteroatoms. The van der Waals surface area contributed by atoms with Crippen molar-refractivity contribution >= 4 is 17.7 Å². The number of halogens is 1. The van der Waals surface area contributed by atoms with Crippen molar-refractivity contribution in [1.29, 1.82) is 0 Å². The predicted octanol–water partition coefficient (Wildman–Crippen LogP) is 5.27. The highest BCUT2D eigenvalue weighted by atomic mass is 35.5. The number of benzene rings is 1. The van der Waals surface area contributed by atoms with Gasteiger partial charge in [0.2, 0.25) is 0 Å². The summed E-state index contributed by atoms with van der Waals surface area (Å²) in [4.78, 5) is 14.6. The Kier molecular flexibility index (Phi) is 5.64. The molecule has 1 aliphatic heterocycles. The smallest absolute Gasteiger partial charge is 0.411 e. The van der Waals surface area contributed by atoms with Gasteiger partial charge in [-0.05, 0) is 76.3 Å². The zero-order chi connectivity index (χ0) is 23.2. The first kappa shape index (κ1) is 21.9. The Bertz CT molecular complexity index is 1140. The highest BCUT2D eigenvalue weighted by Crippen LogP contribution is 2.39. The van der Waals surface area contributed by atoms with Crippen molar-refractivity contribution in [3.05, 3.63) is 58.9 Å². The summed E-state index contributed by atoms with van der Waals surface area (Å²) in [5.74, 6) is 2.00. The van der Waals surface area contributed by atoms with Gasteiger partial charge in [-0.3, -0.25) is 14.1 Å². The molecule has 0 radical (unpaired) electrons. The third-order valence-corrected chi connectivity index (χ3v) is 6.58. The summed E-state index contributed by atoms with van der Waals surface area (Å²) in [5.41, 5.74) is 1.36. The standard InChI is InChI=1S/C24H29ClN6O2/c1-24(2,3)33-23(32)29-14-17-13-18(25)7-10-20(17)31-21(15-29)27-28-22(31)16-5-8-19(9-6-16)30-12-4-11-26-30/h4,7,10-13,16,19H,5-6,8-9,14-15H2,1-3H3/t16-,19-. The summed E-state index contributed by atoms with van der Waals surface area (Å²) in [6, 6.07) is 8.20. The lowest BCUT2D eigenvalue weighted by Crippen LogP contribution is -2.35. The maximum absolute atomic E-state index is 12.9. The Hall–Kier alpha value is -2.87. The number of ether oxygens (including phenoxy) is 1. The fraction of sp³-hybridized carbons (Fsp3) is 0.500. The van der Waals surface area contributed by atoms with E-state index in [1.807, 2.05) is 57.4 Å². The van der Waals surface area contributed by atoms with E-state index in [1.165, 1.54) is 0 Å². The number of aromatic nitrogens is 5. The Labute approximate surface area is 198 Å². The monoisotopic (exact) mass is 468 g/mol. The highest BCUT2D eigenvalue weighted by molar-refractivity contribution is 6.30. The van der Waals surface area contributed by atoms with Gasteiger partial charge in [0.15, 0.2) is 5.82 Å². The number of amides is 1. The van der Waals surface area contributed by atoms with Crippen LogP contribution in [0.25, 0.3) is 5.69 Å². The molecule has 33 heavy (non-hydrogen) atoms. The average molecular weight is 469 g/mol. The van der Waals surface area contributed by atoms with Crippen molar-refractivity contribution in [3.63, 3.8) is 0 Å².